The van der Waals surface area contributed by atoms with Crippen LogP contribution in [0.3, 0.4) is 0 Å². The fraction of sp³-hybridized carbons (Fsp3) is 0.286. The van der Waals surface area contributed by atoms with E-state index in [-0.39, 0.29) is 6.17 Å². The molecule has 0 radical (unpaired) electrons. The number of aldehydes is 1. The van der Waals surface area contributed by atoms with Crippen LogP contribution in [0.25, 0.3) is 0 Å². The largest absolute Gasteiger partial charge is 0.344 e. The van der Waals surface area contributed by atoms with E-state index >= 15 is 0 Å². The molecular formula is C14H15N3O. The quantitative estimate of drug-likeness (QED) is 0.772. The third kappa shape index (κ3) is 1.79. The topological polar surface area (TPSA) is 38.1 Å². The highest BCUT2D eigenvalue weighted by Crippen LogP contribution is 2.30. The maximum atomic E-state index is 11.4. The smallest absolute Gasteiger partial charge is 0.179 e. The van der Waals surface area contributed by atoms with Gasteiger partial charge in [0, 0.05) is 24.6 Å². The Balaban J connectivity index is 2.00. The molecule has 4 nitrogen and oxygen atoms in total. The summed E-state index contributed by atoms with van der Waals surface area (Å²) in [6.07, 6.45) is 6.29. The molecule has 1 aliphatic heterocycles. The van der Waals surface area contributed by atoms with E-state index in [9.17, 15) is 4.79 Å². The van der Waals surface area contributed by atoms with Crippen molar-refractivity contribution in [2.75, 3.05) is 11.4 Å². The Bertz CT molecular complexity index is 536. The van der Waals surface area contributed by atoms with Crippen LogP contribution in [0, 0.1) is 0 Å². The molecule has 0 spiro atoms. The van der Waals surface area contributed by atoms with E-state index in [0.717, 1.165) is 31.4 Å². The lowest BCUT2D eigenvalue weighted by atomic mass is 10.0. The predicted molar refractivity (Wildman–Crippen MR) is 69.4 cm³/mol. The van der Waals surface area contributed by atoms with Crippen molar-refractivity contribution in [1.82, 2.24) is 9.78 Å². The zero-order valence-electron chi connectivity index (χ0n) is 10.1. The Morgan fingerprint density at radius 3 is 2.94 bits per heavy atom. The molecule has 0 bridgehead atoms. The SMILES string of the molecule is O=CC(N1CCCc2ccccc21)n1cccn1. The van der Waals surface area contributed by atoms with E-state index < -0.39 is 0 Å². The van der Waals surface area contributed by atoms with Crippen LogP contribution < -0.4 is 4.90 Å². The van der Waals surface area contributed by atoms with Crippen LogP contribution in [0.1, 0.15) is 18.2 Å². The first-order valence-corrected chi connectivity index (χ1v) is 6.19. The molecule has 0 amide bonds. The number of fused-ring (bicyclic) bond motifs is 1. The number of carbonyl (C=O) groups is 1. The van der Waals surface area contributed by atoms with Crippen molar-refractivity contribution < 1.29 is 4.79 Å². The van der Waals surface area contributed by atoms with Gasteiger partial charge in [-0.25, -0.2) is 4.68 Å². The Labute approximate surface area is 106 Å². The van der Waals surface area contributed by atoms with Gasteiger partial charge in [0.1, 0.15) is 0 Å². The van der Waals surface area contributed by atoms with Gasteiger partial charge in [0.05, 0.1) is 0 Å². The third-order valence-electron chi connectivity index (χ3n) is 3.38. The molecule has 1 atom stereocenters. The van der Waals surface area contributed by atoms with E-state index in [1.807, 2.05) is 24.4 Å². The fourth-order valence-electron chi connectivity index (χ4n) is 2.55. The standard InChI is InChI=1S/C14H15N3O/c18-11-14(17-10-4-8-15-17)16-9-3-6-12-5-1-2-7-13(12)16/h1-2,4-5,7-8,10-11,14H,3,6,9H2. The summed E-state index contributed by atoms with van der Waals surface area (Å²) in [5, 5.41) is 4.18. The lowest BCUT2D eigenvalue weighted by Crippen LogP contribution is -2.37. The van der Waals surface area contributed by atoms with Crippen LogP contribution >= 0.6 is 0 Å². The second-order valence-electron chi connectivity index (χ2n) is 4.46. The van der Waals surface area contributed by atoms with Crippen molar-refractivity contribution >= 4 is 12.0 Å². The van der Waals surface area contributed by atoms with E-state index in [4.69, 9.17) is 0 Å². The van der Waals surface area contributed by atoms with Crippen molar-refractivity contribution in [2.24, 2.45) is 0 Å². The summed E-state index contributed by atoms with van der Waals surface area (Å²) in [6, 6.07) is 10.1. The zero-order valence-corrected chi connectivity index (χ0v) is 10.1. The van der Waals surface area contributed by atoms with Gasteiger partial charge in [0.15, 0.2) is 12.5 Å². The molecular weight excluding hydrogens is 226 g/mol. The van der Waals surface area contributed by atoms with Gasteiger partial charge in [-0.05, 0) is 30.5 Å². The molecule has 4 heteroatoms. The minimum atomic E-state index is -0.346. The van der Waals surface area contributed by atoms with Gasteiger partial charge in [-0.1, -0.05) is 18.2 Å². The summed E-state index contributed by atoms with van der Waals surface area (Å²) in [5.41, 5.74) is 2.46. The third-order valence-corrected chi connectivity index (χ3v) is 3.38. The minimum Gasteiger partial charge on any atom is -0.344 e. The molecule has 1 aliphatic rings. The molecule has 3 rings (SSSR count). The van der Waals surface area contributed by atoms with E-state index in [1.54, 1.807) is 10.9 Å². The summed E-state index contributed by atoms with van der Waals surface area (Å²) < 4.78 is 1.70. The lowest BCUT2D eigenvalue weighted by Gasteiger charge is -2.35. The summed E-state index contributed by atoms with van der Waals surface area (Å²) in [6.45, 7) is 0.889. The van der Waals surface area contributed by atoms with Crippen molar-refractivity contribution in [1.29, 1.82) is 0 Å². The van der Waals surface area contributed by atoms with Crippen molar-refractivity contribution in [3.8, 4) is 0 Å². The van der Waals surface area contributed by atoms with Crippen LogP contribution in [0.5, 0.6) is 0 Å². The first-order chi connectivity index (χ1) is 8.90. The van der Waals surface area contributed by atoms with Crippen LogP contribution in [0.2, 0.25) is 0 Å². The van der Waals surface area contributed by atoms with Gasteiger partial charge in [0.2, 0.25) is 0 Å². The lowest BCUT2D eigenvalue weighted by molar-refractivity contribution is -0.110. The first kappa shape index (κ1) is 11.0. The Hall–Kier alpha value is -2.10. The molecule has 0 saturated carbocycles. The van der Waals surface area contributed by atoms with Crippen molar-refractivity contribution in [2.45, 2.75) is 19.0 Å². The van der Waals surface area contributed by atoms with Crippen LogP contribution in [-0.4, -0.2) is 22.6 Å². The molecule has 0 aliphatic carbocycles. The van der Waals surface area contributed by atoms with Gasteiger partial charge in [-0.15, -0.1) is 0 Å². The van der Waals surface area contributed by atoms with Gasteiger partial charge in [-0.3, -0.25) is 4.79 Å². The van der Waals surface area contributed by atoms with Crippen molar-refractivity contribution in [3.05, 3.63) is 48.3 Å². The number of hydrogen-bond donors (Lipinski definition) is 0. The van der Waals surface area contributed by atoms with Gasteiger partial charge >= 0.3 is 0 Å². The molecule has 2 heterocycles. The summed E-state index contributed by atoms with van der Waals surface area (Å²) in [4.78, 5) is 13.5. The maximum absolute atomic E-state index is 11.4. The molecule has 18 heavy (non-hydrogen) atoms. The minimum absolute atomic E-state index is 0.346. The van der Waals surface area contributed by atoms with Gasteiger partial charge < -0.3 is 4.90 Å². The van der Waals surface area contributed by atoms with E-state index in [1.165, 1.54) is 5.56 Å². The van der Waals surface area contributed by atoms with Crippen LogP contribution in [0.4, 0.5) is 5.69 Å². The molecule has 1 aromatic carbocycles. The highest BCUT2D eigenvalue weighted by atomic mass is 16.1. The summed E-state index contributed by atoms with van der Waals surface area (Å²) in [5.74, 6) is 0. The van der Waals surface area contributed by atoms with Gasteiger partial charge in [0.25, 0.3) is 0 Å². The normalized spacial score (nSPS) is 16.1. The van der Waals surface area contributed by atoms with E-state index in [0.29, 0.717) is 0 Å². The van der Waals surface area contributed by atoms with Crippen LogP contribution in [-0.2, 0) is 11.2 Å². The predicted octanol–water partition coefficient (Wildman–Crippen LogP) is 2.03. The van der Waals surface area contributed by atoms with Gasteiger partial charge in [-0.2, -0.15) is 5.10 Å². The molecule has 0 fully saturated rings. The Morgan fingerprint density at radius 2 is 2.17 bits per heavy atom. The zero-order chi connectivity index (χ0) is 12.4. The molecule has 92 valence electrons. The number of aromatic nitrogens is 2. The molecule has 2 aromatic rings. The molecule has 0 saturated heterocycles. The number of aryl methyl sites for hydroxylation is 1. The number of carbonyl (C=O) groups excluding carboxylic acids is 1. The van der Waals surface area contributed by atoms with Crippen molar-refractivity contribution in [3.63, 3.8) is 0 Å². The maximum Gasteiger partial charge on any atom is 0.179 e. The number of nitrogens with zero attached hydrogens (tertiary/aromatic N) is 3. The number of hydrogen-bond acceptors (Lipinski definition) is 3. The van der Waals surface area contributed by atoms with Crippen LogP contribution in [0.15, 0.2) is 42.7 Å². The monoisotopic (exact) mass is 241 g/mol. The number of rotatable bonds is 3. The number of para-hydroxylation sites is 1. The highest BCUT2D eigenvalue weighted by molar-refractivity contribution is 5.66. The molecule has 0 N–H and O–H groups in total. The van der Waals surface area contributed by atoms with E-state index in [2.05, 4.69) is 22.1 Å². The Morgan fingerprint density at radius 1 is 1.28 bits per heavy atom. The average molecular weight is 241 g/mol. The molecule has 1 aromatic heterocycles. The average Bonchev–Trinajstić information content (AvgIpc) is 2.94. The second-order valence-corrected chi connectivity index (χ2v) is 4.46. The fourth-order valence-corrected chi connectivity index (χ4v) is 2.55. The molecule has 1 unspecified atom stereocenters. The Kier molecular flexibility index (Phi) is 2.84. The second kappa shape index (κ2) is 4.64. The first-order valence-electron chi connectivity index (χ1n) is 6.19. The number of benzene rings is 1. The summed E-state index contributed by atoms with van der Waals surface area (Å²) in [7, 11) is 0. The number of anilines is 1. The highest BCUT2D eigenvalue weighted by Gasteiger charge is 2.24. The summed E-state index contributed by atoms with van der Waals surface area (Å²) >= 11 is 0.